The fourth-order valence-corrected chi connectivity index (χ4v) is 0.454. The molecule has 0 fully saturated rings. The van der Waals surface area contributed by atoms with Crippen molar-refractivity contribution < 1.29 is 40.3 Å². The molecule has 0 aromatic heterocycles. The first-order valence-corrected chi connectivity index (χ1v) is 3.00. The van der Waals surface area contributed by atoms with Crippen molar-refractivity contribution in [3.8, 4) is 0 Å². The Morgan fingerprint density at radius 2 is 2.00 bits per heavy atom. The van der Waals surface area contributed by atoms with Gasteiger partial charge >= 0.3 is 27.7 Å². The Bertz CT molecular complexity index is 92.7. The molecule has 45 valence electrons. The predicted octanol–water partition coefficient (Wildman–Crippen LogP) is 0.635. The smallest absolute Gasteiger partial charge is 0.424 e. The maximum Gasteiger partial charge on any atom is 1.00 e. The molecule has 0 rings (SSSR count). The van der Waals surface area contributed by atoms with Crippen LogP contribution in [0.1, 0.15) is 13.3 Å². The van der Waals surface area contributed by atoms with E-state index in [-0.39, 0.29) is 34.3 Å². The summed E-state index contributed by atoms with van der Waals surface area (Å²) in [6.45, 7) is 2.13. The van der Waals surface area contributed by atoms with E-state index in [9.17, 15) is 8.42 Å². The standard InChI is InChI=1S/C3H7O3S.Hg/c1-2-3-6-7(4)5;/h2-3H2,1H3;/q-1;+1. The minimum Gasteiger partial charge on any atom is -0.424 e. The van der Waals surface area contributed by atoms with Crippen molar-refractivity contribution in [2.45, 2.75) is 13.3 Å². The van der Waals surface area contributed by atoms with Gasteiger partial charge in [0.1, 0.15) is 0 Å². The van der Waals surface area contributed by atoms with Gasteiger partial charge in [-0.3, -0.25) is 0 Å². The van der Waals surface area contributed by atoms with Gasteiger partial charge in [-0.15, -0.1) is 0 Å². The fourth-order valence-electron chi connectivity index (χ4n) is 0.151. The van der Waals surface area contributed by atoms with Crippen LogP contribution in [-0.4, -0.2) is 6.61 Å². The normalized spacial score (nSPS) is 8.75. The summed E-state index contributed by atoms with van der Waals surface area (Å²) in [5.41, 5.74) is 0. The molecule has 0 aliphatic heterocycles. The van der Waals surface area contributed by atoms with Gasteiger partial charge < -0.3 is 12.6 Å². The molecule has 5 heteroatoms. The van der Waals surface area contributed by atoms with Gasteiger partial charge in [-0.2, -0.15) is 0 Å². The molecular formula is C3H7HgO3S. The van der Waals surface area contributed by atoms with Gasteiger partial charge in [0.2, 0.25) is 0 Å². The molecule has 0 N–H and O–H groups in total. The Labute approximate surface area is 71.1 Å². The number of hydrogen-bond donors (Lipinski definition) is 0. The minimum absolute atomic E-state index is 0. The van der Waals surface area contributed by atoms with Gasteiger partial charge in [-0.25, -0.2) is 0 Å². The van der Waals surface area contributed by atoms with E-state index in [1.807, 2.05) is 6.92 Å². The topological polar surface area (TPSA) is 43.4 Å². The SMILES string of the molecule is CCCO[S-](=O)=O.[Hg+]. The zero-order valence-corrected chi connectivity index (χ0v) is 11.1. The Balaban J connectivity index is 0. The average Bonchev–Trinajstić information content (AvgIpc) is 1.61. The fraction of sp³-hybridized carbons (Fsp3) is 1.00. The Morgan fingerprint density at radius 3 is 2.12 bits per heavy atom. The first-order chi connectivity index (χ1) is 3.27. The molecule has 0 unspecified atom stereocenters. The van der Waals surface area contributed by atoms with E-state index in [0.29, 0.717) is 0 Å². The third-order valence-corrected chi connectivity index (χ3v) is 0.743. The number of rotatable bonds is 3. The van der Waals surface area contributed by atoms with Gasteiger partial charge in [-0.05, 0) is 6.42 Å². The summed E-state index contributed by atoms with van der Waals surface area (Å²) in [4.78, 5) is 0. The van der Waals surface area contributed by atoms with Crippen molar-refractivity contribution in [3.63, 3.8) is 0 Å². The molecular weight excluding hydrogens is 317 g/mol. The van der Waals surface area contributed by atoms with Crippen LogP contribution in [0.25, 0.3) is 0 Å². The van der Waals surface area contributed by atoms with Crippen LogP contribution in [0, 0.1) is 0 Å². The van der Waals surface area contributed by atoms with Crippen LogP contribution in [0.15, 0.2) is 0 Å². The molecule has 8 heavy (non-hydrogen) atoms. The molecule has 0 aromatic carbocycles. The van der Waals surface area contributed by atoms with Gasteiger partial charge in [0, 0.05) is 6.61 Å². The van der Waals surface area contributed by atoms with Crippen LogP contribution in [-0.2, 0) is 51.3 Å². The molecule has 1 radical (unpaired) electrons. The summed E-state index contributed by atoms with van der Waals surface area (Å²) in [6, 6.07) is 0. The summed E-state index contributed by atoms with van der Waals surface area (Å²) in [7, 11) is -2.32. The van der Waals surface area contributed by atoms with E-state index in [1.54, 1.807) is 0 Å². The Morgan fingerprint density at radius 1 is 1.50 bits per heavy atom. The van der Waals surface area contributed by atoms with Crippen LogP contribution in [0.3, 0.4) is 0 Å². The molecule has 0 atom stereocenters. The molecule has 0 bridgehead atoms. The van der Waals surface area contributed by atoms with Crippen LogP contribution in [0.4, 0.5) is 0 Å². The minimum atomic E-state index is -2.32. The molecule has 3 nitrogen and oxygen atoms in total. The largest absolute Gasteiger partial charge is 1.00 e. The third-order valence-electron chi connectivity index (χ3n) is 0.384. The Hall–Kier alpha value is 0.845. The first-order valence-electron chi connectivity index (χ1n) is 2.00. The van der Waals surface area contributed by atoms with Crippen molar-refractivity contribution in [1.29, 1.82) is 0 Å². The molecule has 0 saturated heterocycles. The summed E-state index contributed by atoms with van der Waals surface area (Å²) in [6.07, 6.45) is 0.730. The summed E-state index contributed by atoms with van der Waals surface area (Å²) >= 11 is 0. The van der Waals surface area contributed by atoms with Crippen molar-refractivity contribution in [3.05, 3.63) is 0 Å². The van der Waals surface area contributed by atoms with Gasteiger partial charge in [-0.1, -0.05) is 6.92 Å². The van der Waals surface area contributed by atoms with Gasteiger partial charge in [0.15, 0.2) is 0 Å². The van der Waals surface area contributed by atoms with E-state index >= 15 is 0 Å². The molecule has 0 amide bonds. The summed E-state index contributed by atoms with van der Waals surface area (Å²) < 4.78 is 23.2. The van der Waals surface area contributed by atoms with Gasteiger partial charge in [0.25, 0.3) is 0 Å². The molecule has 0 aromatic rings. The second-order valence-corrected chi connectivity index (χ2v) is 1.67. The maximum atomic E-state index is 9.54. The van der Waals surface area contributed by atoms with Crippen molar-refractivity contribution in [2.75, 3.05) is 6.61 Å². The van der Waals surface area contributed by atoms with Crippen LogP contribution in [0.2, 0.25) is 0 Å². The molecule has 0 spiro atoms. The second kappa shape index (κ2) is 7.85. The third kappa shape index (κ3) is 9.96. The van der Waals surface area contributed by atoms with Crippen molar-refractivity contribution >= 4 is 11.0 Å². The summed E-state index contributed by atoms with van der Waals surface area (Å²) in [5.74, 6) is 0. The van der Waals surface area contributed by atoms with E-state index in [0.717, 1.165) is 6.42 Å². The quantitative estimate of drug-likeness (QED) is 0.565. The Kier molecular flexibility index (Phi) is 11.4. The van der Waals surface area contributed by atoms with Crippen molar-refractivity contribution in [2.24, 2.45) is 0 Å². The maximum absolute atomic E-state index is 9.54. The summed E-state index contributed by atoms with van der Waals surface area (Å²) in [5, 5.41) is 0. The molecule has 0 aliphatic rings. The van der Waals surface area contributed by atoms with Crippen LogP contribution in [0.5, 0.6) is 0 Å². The number of hydrogen-bond acceptors (Lipinski definition) is 4. The van der Waals surface area contributed by atoms with Crippen LogP contribution < -0.4 is 0 Å². The van der Waals surface area contributed by atoms with Gasteiger partial charge in [0.05, 0.1) is 11.0 Å². The zero-order chi connectivity index (χ0) is 5.70. The van der Waals surface area contributed by atoms with Crippen LogP contribution >= 0.6 is 0 Å². The average molecular weight is 324 g/mol. The molecule has 0 aliphatic carbocycles. The second-order valence-electron chi connectivity index (χ2n) is 1.03. The molecule has 0 heterocycles. The van der Waals surface area contributed by atoms with E-state index in [1.165, 1.54) is 0 Å². The van der Waals surface area contributed by atoms with E-state index in [4.69, 9.17) is 0 Å². The predicted molar refractivity (Wildman–Crippen MR) is 25.0 cm³/mol. The zero-order valence-electron chi connectivity index (χ0n) is 4.75. The molecule has 0 saturated carbocycles. The van der Waals surface area contributed by atoms with E-state index in [2.05, 4.69) is 4.18 Å². The first kappa shape index (κ1) is 11.6. The van der Waals surface area contributed by atoms with E-state index < -0.39 is 11.0 Å². The van der Waals surface area contributed by atoms with Crippen molar-refractivity contribution in [1.82, 2.24) is 0 Å². The monoisotopic (exact) mass is 325 g/mol.